The van der Waals surface area contributed by atoms with Crippen LogP contribution in [0.4, 0.5) is 0 Å². The van der Waals surface area contributed by atoms with Gasteiger partial charge in [-0.05, 0) is 31.2 Å². The highest BCUT2D eigenvalue weighted by Crippen LogP contribution is 2.27. The molecule has 0 aromatic heterocycles. The first kappa shape index (κ1) is 15.3. The Balaban J connectivity index is 2.54. The largest absolute Gasteiger partial charge is 0.493 e. The van der Waals surface area contributed by atoms with Gasteiger partial charge in [0.15, 0.2) is 11.5 Å². The van der Waals surface area contributed by atoms with E-state index in [2.05, 4.69) is 5.32 Å². The van der Waals surface area contributed by atoms with Crippen LogP contribution in [0.1, 0.15) is 18.9 Å². The summed E-state index contributed by atoms with van der Waals surface area (Å²) in [5.74, 6) is 1.01. The zero-order chi connectivity index (χ0) is 14.3. The van der Waals surface area contributed by atoms with Gasteiger partial charge in [0.2, 0.25) is 5.91 Å². The molecule has 0 saturated carbocycles. The number of nitrogens with one attached hydrogen (secondary N) is 1. The molecule has 0 radical (unpaired) electrons. The number of benzene rings is 1. The Kier molecular flexibility index (Phi) is 6.15. The lowest BCUT2D eigenvalue weighted by Gasteiger charge is -2.15. The molecule has 0 aliphatic heterocycles. The van der Waals surface area contributed by atoms with Crippen molar-refractivity contribution in [3.63, 3.8) is 0 Å². The van der Waals surface area contributed by atoms with Gasteiger partial charge < -0.3 is 20.5 Å². The first-order valence-electron chi connectivity index (χ1n) is 6.38. The molecular formula is C14H22N2O3. The molecule has 0 fully saturated rings. The predicted molar refractivity (Wildman–Crippen MR) is 74.5 cm³/mol. The summed E-state index contributed by atoms with van der Waals surface area (Å²) in [5, 5.41) is 3.02. The molecule has 0 aliphatic carbocycles. The molecule has 1 aromatic carbocycles. The SMILES string of the molecule is CCNC(CCOc1ccc(C)cc1OC)C(N)=O. The van der Waals surface area contributed by atoms with E-state index in [4.69, 9.17) is 15.2 Å². The minimum atomic E-state index is -0.360. The third kappa shape index (κ3) is 4.79. The summed E-state index contributed by atoms with van der Waals surface area (Å²) in [4.78, 5) is 11.2. The second kappa shape index (κ2) is 7.63. The van der Waals surface area contributed by atoms with Crippen molar-refractivity contribution in [3.8, 4) is 11.5 Å². The van der Waals surface area contributed by atoms with Gasteiger partial charge in [0.1, 0.15) is 0 Å². The zero-order valence-corrected chi connectivity index (χ0v) is 11.7. The molecule has 1 atom stereocenters. The monoisotopic (exact) mass is 266 g/mol. The number of hydrogen-bond acceptors (Lipinski definition) is 4. The summed E-state index contributed by atoms with van der Waals surface area (Å²) in [5.41, 5.74) is 6.40. The maximum atomic E-state index is 11.2. The molecule has 106 valence electrons. The number of rotatable bonds is 8. The van der Waals surface area contributed by atoms with Crippen LogP contribution in [0, 0.1) is 6.92 Å². The van der Waals surface area contributed by atoms with Crippen LogP contribution in [0.2, 0.25) is 0 Å². The molecular weight excluding hydrogens is 244 g/mol. The van der Waals surface area contributed by atoms with Crippen LogP contribution in [0.25, 0.3) is 0 Å². The summed E-state index contributed by atoms with van der Waals surface area (Å²) in [6.07, 6.45) is 0.528. The molecule has 5 nitrogen and oxygen atoms in total. The highest BCUT2D eigenvalue weighted by Gasteiger charge is 2.14. The molecule has 0 saturated heterocycles. The molecule has 0 bridgehead atoms. The Morgan fingerprint density at radius 2 is 2.16 bits per heavy atom. The van der Waals surface area contributed by atoms with Crippen LogP contribution >= 0.6 is 0 Å². The van der Waals surface area contributed by atoms with Gasteiger partial charge in [0.05, 0.1) is 19.8 Å². The van der Waals surface area contributed by atoms with Gasteiger partial charge in [0, 0.05) is 6.42 Å². The number of carbonyl (C=O) groups is 1. The maximum absolute atomic E-state index is 11.2. The fraction of sp³-hybridized carbons (Fsp3) is 0.500. The van der Waals surface area contributed by atoms with Crippen LogP contribution in [0.5, 0.6) is 11.5 Å². The Morgan fingerprint density at radius 3 is 2.74 bits per heavy atom. The van der Waals surface area contributed by atoms with Crippen LogP contribution in [0.15, 0.2) is 18.2 Å². The van der Waals surface area contributed by atoms with Gasteiger partial charge in [-0.15, -0.1) is 0 Å². The highest BCUT2D eigenvalue weighted by atomic mass is 16.5. The van der Waals surface area contributed by atoms with Crippen LogP contribution in [0.3, 0.4) is 0 Å². The van der Waals surface area contributed by atoms with Crippen LogP contribution in [-0.2, 0) is 4.79 Å². The number of carbonyl (C=O) groups excluding carboxylic acids is 1. The number of amides is 1. The van der Waals surface area contributed by atoms with E-state index in [0.717, 1.165) is 5.56 Å². The van der Waals surface area contributed by atoms with Crippen molar-refractivity contribution >= 4 is 5.91 Å². The van der Waals surface area contributed by atoms with Crippen molar-refractivity contribution < 1.29 is 14.3 Å². The fourth-order valence-electron chi connectivity index (χ4n) is 1.77. The van der Waals surface area contributed by atoms with E-state index in [9.17, 15) is 4.79 Å². The van der Waals surface area contributed by atoms with E-state index in [1.807, 2.05) is 32.0 Å². The molecule has 0 heterocycles. The molecule has 5 heteroatoms. The van der Waals surface area contributed by atoms with E-state index < -0.39 is 0 Å². The molecule has 0 aliphatic rings. The highest BCUT2D eigenvalue weighted by molar-refractivity contribution is 5.79. The van der Waals surface area contributed by atoms with Crippen molar-refractivity contribution in [1.29, 1.82) is 0 Å². The smallest absolute Gasteiger partial charge is 0.234 e. The molecule has 1 aromatic rings. The van der Waals surface area contributed by atoms with Crippen molar-refractivity contribution in [2.24, 2.45) is 5.73 Å². The number of primary amides is 1. The molecule has 1 amide bonds. The number of nitrogens with two attached hydrogens (primary N) is 1. The average molecular weight is 266 g/mol. The third-order valence-corrected chi connectivity index (χ3v) is 2.78. The topological polar surface area (TPSA) is 73.6 Å². The maximum Gasteiger partial charge on any atom is 0.234 e. The first-order valence-corrected chi connectivity index (χ1v) is 6.38. The molecule has 0 spiro atoms. The lowest BCUT2D eigenvalue weighted by atomic mass is 10.2. The van der Waals surface area contributed by atoms with Crippen molar-refractivity contribution in [3.05, 3.63) is 23.8 Å². The van der Waals surface area contributed by atoms with Crippen molar-refractivity contribution in [1.82, 2.24) is 5.32 Å². The van der Waals surface area contributed by atoms with E-state index >= 15 is 0 Å². The van der Waals surface area contributed by atoms with Gasteiger partial charge in [-0.3, -0.25) is 4.79 Å². The lowest BCUT2D eigenvalue weighted by molar-refractivity contribution is -0.120. The fourth-order valence-corrected chi connectivity index (χ4v) is 1.77. The zero-order valence-electron chi connectivity index (χ0n) is 11.7. The number of ether oxygens (including phenoxy) is 2. The average Bonchev–Trinajstić information content (AvgIpc) is 2.39. The molecule has 3 N–H and O–H groups in total. The Bertz CT molecular complexity index is 421. The number of methoxy groups -OCH3 is 1. The second-order valence-corrected chi connectivity index (χ2v) is 4.30. The van der Waals surface area contributed by atoms with Crippen molar-refractivity contribution in [2.75, 3.05) is 20.3 Å². The Labute approximate surface area is 114 Å². The van der Waals surface area contributed by atoms with Gasteiger partial charge in [-0.2, -0.15) is 0 Å². The van der Waals surface area contributed by atoms with Gasteiger partial charge in [0.25, 0.3) is 0 Å². The summed E-state index contributed by atoms with van der Waals surface area (Å²) >= 11 is 0. The molecule has 1 rings (SSSR count). The Hall–Kier alpha value is -1.75. The van der Waals surface area contributed by atoms with Gasteiger partial charge in [-0.1, -0.05) is 13.0 Å². The van der Waals surface area contributed by atoms with E-state index in [1.54, 1.807) is 7.11 Å². The minimum Gasteiger partial charge on any atom is -0.493 e. The van der Waals surface area contributed by atoms with E-state index in [1.165, 1.54) is 0 Å². The number of aryl methyl sites for hydroxylation is 1. The minimum absolute atomic E-state index is 0.360. The predicted octanol–water partition coefficient (Wildman–Crippen LogP) is 1.24. The van der Waals surface area contributed by atoms with E-state index in [0.29, 0.717) is 31.1 Å². The number of likely N-dealkylation sites (N-methyl/N-ethyl adjacent to an activating group) is 1. The third-order valence-electron chi connectivity index (χ3n) is 2.78. The quantitative estimate of drug-likeness (QED) is 0.742. The van der Waals surface area contributed by atoms with Crippen LogP contribution < -0.4 is 20.5 Å². The van der Waals surface area contributed by atoms with Crippen LogP contribution in [-0.4, -0.2) is 32.2 Å². The standard InChI is InChI=1S/C14H22N2O3/c1-4-16-11(14(15)17)7-8-19-12-6-5-10(2)9-13(12)18-3/h5-6,9,11,16H,4,7-8H2,1-3H3,(H2,15,17). The summed E-state index contributed by atoms with van der Waals surface area (Å²) in [6.45, 7) is 5.02. The van der Waals surface area contributed by atoms with Gasteiger partial charge in [-0.25, -0.2) is 0 Å². The summed E-state index contributed by atoms with van der Waals surface area (Å²) in [6, 6.07) is 5.36. The summed E-state index contributed by atoms with van der Waals surface area (Å²) < 4.78 is 10.9. The van der Waals surface area contributed by atoms with Crippen molar-refractivity contribution in [2.45, 2.75) is 26.3 Å². The van der Waals surface area contributed by atoms with Gasteiger partial charge >= 0.3 is 0 Å². The molecule has 1 unspecified atom stereocenters. The summed E-state index contributed by atoms with van der Waals surface area (Å²) in [7, 11) is 1.60. The van der Waals surface area contributed by atoms with E-state index in [-0.39, 0.29) is 11.9 Å². The Morgan fingerprint density at radius 1 is 1.42 bits per heavy atom. The molecule has 19 heavy (non-hydrogen) atoms. The first-order chi connectivity index (χ1) is 9.08. The lowest BCUT2D eigenvalue weighted by Crippen LogP contribution is -2.42. The second-order valence-electron chi connectivity index (χ2n) is 4.30. The number of hydrogen-bond donors (Lipinski definition) is 2. The normalized spacial score (nSPS) is 11.9.